The number of para-hydroxylation sites is 1. The van der Waals surface area contributed by atoms with Gasteiger partial charge in [0.1, 0.15) is 5.75 Å². The van der Waals surface area contributed by atoms with Crippen molar-refractivity contribution in [2.75, 3.05) is 11.9 Å². The van der Waals surface area contributed by atoms with Crippen molar-refractivity contribution >= 4 is 35.1 Å². The van der Waals surface area contributed by atoms with E-state index in [4.69, 9.17) is 4.74 Å². The van der Waals surface area contributed by atoms with Gasteiger partial charge in [0.05, 0.1) is 6.61 Å². The van der Waals surface area contributed by atoms with Gasteiger partial charge in [0.15, 0.2) is 5.78 Å². The highest BCUT2D eigenvalue weighted by Crippen LogP contribution is 2.30. The van der Waals surface area contributed by atoms with Crippen LogP contribution in [0.5, 0.6) is 5.75 Å². The topological polar surface area (TPSA) is 55.4 Å². The van der Waals surface area contributed by atoms with Crippen LogP contribution >= 0.6 is 0 Å². The largest absolute Gasteiger partial charge is 0.493 e. The molecule has 1 saturated carbocycles. The molecule has 0 aromatic heterocycles. The Bertz CT molecular complexity index is 1160. The fraction of sp³-hybridized carbons (Fsp3) is 0.172. The predicted molar refractivity (Wildman–Crippen MR) is 134 cm³/mol. The zero-order valence-corrected chi connectivity index (χ0v) is 18.7. The lowest BCUT2D eigenvalue weighted by Crippen LogP contribution is -2.13. The number of carbonyl (C=O) groups is 2. The number of carbonyl (C=O) groups excluding carboxylic acids is 2. The lowest BCUT2D eigenvalue weighted by Gasteiger charge is -2.11. The average Bonchev–Trinajstić information content (AvgIpc) is 3.66. The van der Waals surface area contributed by atoms with Crippen molar-refractivity contribution < 1.29 is 14.3 Å². The average molecular weight is 438 g/mol. The van der Waals surface area contributed by atoms with Crippen molar-refractivity contribution in [2.24, 2.45) is 5.92 Å². The van der Waals surface area contributed by atoms with Gasteiger partial charge >= 0.3 is 0 Å². The van der Waals surface area contributed by atoms with Crippen molar-refractivity contribution in [1.29, 1.82) is 0 Å². The Morgan fingerprint density at radius 3 is 2.21 bits per heavy atom. The van der Waals surface area contributed by atoms with Crippen molar-refractivity contribution in [3.05, 3.63) is 102 Å². The first-order valence-corrected chi connectivity index (χ1v) is 11.2. The molecule has 1 N–H and O–H groups in total. The second-order valence-corrected chi connectivity index (χ2v) is 8.27. The predicted octanol–water partition coefficient (Wildman–Crippen LogP) is 6.26. The molecule has 4 nitrogen and oxygen atoms in total. The quantitative estimate of drug-likeness (QED) is 0.318. The zero-order chi connectivity index (χ0) is 23.0. The second-order valence-electron chi connectivity index (χ2n) is 8.27. The number of hydrogen-bond donors (Lipinski definition) is 1. The number of hydrogen-bond acceptors (Lipinski definition) is 3. The fourth-order valence-corrected chi connectivity index (χ4v) is 3.31. The van der Waals surface area contributed by atoms with Crippen LogP contribution in [0, 0.1) is 5.92 Å². The van der Waals surface area contributed by atoms with Crippen molar-refractivity contribution in [2.45, 2.75) is 19.8 Å². The van der Waals surface area contributed by atoms with Gasteiger partial charge in [-0.15, -0.1) is 0 Å². The Balaban J connectivity index is 1.58. The molecule has 4 heteroatoms. The third-order valence-corrected chi connectivity index (χ3v) is 5.38. The number of amides is 1. The third kappa shape index (κ3) is 6.78. The first-order chi connectivity index (χ1) is 16.1. The SMILES string of the molecule is CC(=O)/C=C/c1ccc(/C=C(/C(=O)Nc2ccccc2)c2ccc(OCC3CC3)cc2)cc1. The summed E-state index contributed by atoms with van der Waals surface area (Å²) in [7, 11) is 0. The Morgan fingerprint density at radius 1 is 0.909 bits per heavy atom. The Kier molecular flexibility index (Phi) is 7.16. The molecule has 0 spiro atoms. The van der Waals surface area contributed by atoms with Crippen LogP contribution in [0.3, 0.4) is 0 Å². The van der Waals surface area contributed by atoms with Crippen LogP contribution in [0.2, 0.25) is 0 Å². The zero-order valence-electron chi connectivity index (χ0n) is 18.7. The maximum absolute atomic E-state index is 13.2. The Labute approximate surface area is 194 Å². The molecule has 1 aliphatic carbocycles. The first-order valence-electron chi connectivity index (χ1n) is 11.2. The maximum Gasteiger partial charge on any atom is 0.256 e. The molecule has 0 radical (unpaired) electrons. The molecule has 3 aromatic carbocycles. The number of ketones is 1. The van der Waals surface area contributed by atoms with E-state index in [1.54, 1.807) is 6.08 Å². The smallest absolute Gasteiger partial charge is 0.256 e. The molecule has 0 bridgehead atoms. The molecule has 0 heterocycles. The molecular weight excluding hydrogens is 410 g/mol. The fourth-order valence-electron chi connectivity index (χ4n) is 3.31. The van der Waals surface area contributed by atoms with Crippen LogP contribution in [0.15, 0.2) is 84.9 Å². The molecule has 0 atom stereocenters. The summed E-state index contributed by atoms with van der Waals surface area (Å²) in [6, 6.07) is 24.8. The van der Waals surface area contributed by atoms with E-state index in [9.17, 15) is 9.59 Å². The standard InChI is InChI=1S/C29H27NO3/c1-21(31)7-8-22-9-11-23(12-10-22)19-28(29(32)30-26-5-3-2-4-6-26)25-15-17-27(18-16-25)33-20-24-13-14-24/h2-12,15-19,24H,13-14,20H2,1H3,(H,30,32)/b8-7+,28-19+. The van der Waals surface area contributed by atoms with E-state index in [0.717, 1.165) is 34.7 Å². The van der Waals surface area contributed by atoms with E-state index in [-0.39, 0.29) is 11.7 Å². The summed E-state index contributed by atoms with van der Waals surface area (Å²) in [5, 5.41) is 2.98. The number of nitrogens with one attached hydrogen (secondary N) is 1. The van der Waals surface area contributed by atoms with Gasteiger partial charge in [0.2, 0.25) is 0 Å². The van der Waals surface area contributed by atoms with Crippen molar-refractivity contribution in [1.82, 2.24) is 0 Å². The minimum atomic E-state index is -0.187. The summed E-state index contributed by atoms with van der Waals surface area (Å²) in [6.45, 7) is 2.27. The van der Waals surface area contributed by atoms with E-state index >= 15 is 0 Å². The van der Waals surface area contributed by atoms with Gasteiger partial charge in [0, 0.05) is 11.3 Å². The molecule has 4 rings (SSSR count). The van der Waals surface area contributed by atoms with Crippen LogP contribution in [-0.2, 0) is 9.59 Å². The van der Waals surface area contributed by atoms with E-state index in [2.05, 4.69) is 5.32 Å². The molecule has 166 valence electrons. The number of rotatable bonds is 9. The summed E-state index contributed by atoms with van der Waals surface area (Å²) in [6.07, 6.45) is 7.67. The van der Waals surface area contributed by atoms with Crippen LogP contribution in [-0.4, -0.2) is 18.3 Å². The lowest BCUT2D eigenvalue weighted by atomic mass is 10.0. The Morgan fingerprint density at radius 2 is 1.58 bits per heavy atom. The molecular formula is C29H27NO3. The van der Waals surface area contributed by atoms with Crippen LogP contribution < -0.4 is 10.1 Å². The number of ether oxygens (including phenoxy) is 1. The van der Waals surface area contributed by atoms with Gasteiger partial charge in [-0.3, -0.25) is 9.59 Å². The van der Waals surface area contributed by atoms with Crippen LogP contribution in [0.4, 0.5) is 5.69 Å². The highest BCUT2D eigenvalue weighted by atomic mass is 16.5. The van der Waals surface area contributed by atoms with Crippen LogP contribution in [0.1, 0.15) is 36.5 Å². The van der Waals surface area contributed by atoms with Crippen LogP contribution in [0.25, 0.3) is 17.7 Å². The van der Waals surface area contributed by atoms with E-state index < -0.39 is 0 Å². The minimum Gasteiger partial charge on any atom is -0.493 e. The number of benzene rings is 3. The lowest BCUT2D eigenvalue weighted by molar-refractivity contribution is -0.112. The van der Waals surface area contributed by atoms with Gasteiger partial charge in [-0.25, -0.2) is 0 Å². The molecule has 1 aliphatic rings. The highest BCUT2D eigenvalue weighted by molar-refractivity contribution is 6.29. The molecule has 3 aromatic rings. The Hall–Kier alpha value is -3.92. The second kappa shape index (κ2) is 10.6. The minimum absolute atomic E-state index is 0.00315. The molecule has 0 unspecified atom stereocenters. The van der Waals surface area contributed by atoms with Gasteiger partial charge in [-0.1, -0.05) is 60.7 Å². The third-order valence-electron chi connectivity index (χ3n) is 5.38. The van der Waals surface area contributed by atoms with Gasteiger partial charge in [-0.2, -0.15) is 0 Å². The van der Waals surface area contributed by atoms with Gasteiger partial charge in [0.25, 0.3) is 5.91 Å². The summed E-state index contributed by atoms with van der Waals surface area (Å²) in [5.74, 6) is 1.32. The molecule has 1 amide bonds. The van der Waals surface area contributed by atoms with E-state index in [1.165, 1.54) is 25.8 Å². The summed E-state index contributed by atoms with van der Waals surface area (Å²) in [5.41, 5.74) is 3.92. The summed E-state index contributed by atoms with van der Waals surface area (Å²) < 4.78 is 5.84. The maximum atomic E-state index is 13.2. The highest BCUT2D eigenvalue weighted by Gasteiger charge is 2.22. The number of allylic oxidation sites excluding steroid dienone is 1. The first kappa shape index (κ1) is 22.3. The monoisotopic (exact) mass is 437 g/mol. The molecule has 0 saturated heterocycles. The number of anilines is 1. The van der Waals surface area contributed by atoms with Crippen molar-refractivity contribution in [3.63, 3.8) is 0 Å². The van der Waals surface area contributed by atoms with Gasteiger partial charge in [-0.05, 0) is 78.8 Å². The molecule has 33 heavy (non-hydrogen) atoms. The van der Waals surface area contributed by atoms with Gasteiger partial charge < -0.3 is 10.1 Å². The summed E-state index contributed by atoms with van der Waals surface area (Å²) >= 11 is 0. The van der Waals surface area contributed by atoms with Crippen molar-refractivity contribution in [3.8, 4) is 5.75 Å². The summed E-state index contributed by atoms with van der Waals surface area (Å²) in [4.78, 5) is 24.4. The van der Waals surface area contributed by atoms with E-state index in [0.29, 0.717) is 11.5 Å². The molecule has 0 aliphatic heterocycles. The molecule has 1 fully saturated rings. The normalized spacial score (nSPS) is 13.7. The van der Waals surface area contributed by atoms with E-state index in [1.807, 2.05) is 84.9 Å².